The van der Waals surface area contributed by atoms with Gasteiger partial charge in [-0.3, -0.25) is 0 Å². The fourth-order valence-corrected chi connectivity index (χ4v) is 2.73. The molecule has 0 aliphatic rings. The van der Waals surface area contributed by atoms with Crippen molar-refractivity contribution in [1.82, 2.24) is 15.0 Å². The third kappa shape index (κ3) is 4.42. The SMILES string of the molecule is CCCNc1ncc(Br)c(NCCc2nc(C)cs2)n1. The molecule has 0 saturated heterocycles. The molecule has 2 rings (SSSR count). The van der Waals surface area contributed by atoms with Gasteiger partial charge in [0, 0.05) is 36.8 Å². The van der Waals surface area contributed by atoms with Crippen LogP contribution >= 0.6 is 27.3 Å². The summed E-state index contributed by atoms with van der Waals surface area (Å²) >= 11 is 5.16. The Labute approximate surface area is 131 Å². The zero-order valence-electron chi connectivity index (χ0n) is 11.6. The molecule has 0 aromatic carbocycles. The van der Waals surface area contributed by atoms with Crippen LogP contribution in [0.3, 0.4) is 0 Å². The lowest BCUT2D eigenvalue weighted by molar-refractivity contribution is 0.941. The zero-order valence-corrected chi connectivity index (χ0v) is 14.0. The van der Waals surface area contributed by atoms with Gasteiger partial charge in [0.2, 0.25) is 5.95 Å². The maximum absolute atomic E-state index is 4.45. The molecule has 0 amide bonds. The molecule has 0 aliphatic carbocycles. The van der Waals surface area contributed by atoms with Gasteiger partial charge in [0.05, 0.1) is 9.48 Å². The average molecular weight is 356 g/mol. The van der Waals surface area contributed by atoms with Crippen LogP contribution in [0, 0.1) is 6.92 Å². The number of aryl methyl sites for hydroxylation is 1. The first-order valence-electron chi connectivity index (χ1n) is 6.60. The maximum Gasteiger partial charge on any atom is 0.224 e. The summed E-state index contributed by atoms with van der Waals surface area (Å²) in [5.74, 6) is 1.47. The molecule has 2 heterocycles. The molecular formula is C13H18BrN5S. The van der Waals surface area contributed by atoms with Crippen LogP contribution in [0.25, 0.3) is 0 Å². The highest BCUT2D eigenvalue weighted by Crippen LogP contribution is 2.20. The first-order chi connectivity index (χ1) is 9.69. The minimum Gasteiger partial charge on any atom is -0.369 e. The number of halogens is 1. The number of nitrogens with one attached hydrogen (secondary N) is 2. The van der Waals surface area contributed by atoms with Crippen LogP contribution in [0.5, 0.6) is 0 Å². The number of anilines is 2. The highest BCUT2D eigenvalue weighted by molar-refractivity contribution is 9.10. The topological polar surface area (TPSA) is 62.7 Å². The van der Waals surface area contributed by atoms with E-state index in [1.165, 1.54) is 0 Å². The summed E-state index contributed by atoms with van der Waals surface area (Å²) in [5, 5.41) is 9.71. The van der Waals surface area contributed by atoms with Crippen molar-refractivity contribution in [2.24, 2.45) is 0 Å². The second-order valence-electron chi connectivity index (χ2n) is 4.38. The Balaban J connectivity index is 1.90. The summed E-state index contributed by atoms with van der Waals surface area (Å²) in [5.41, 5.74) is 1.08. The van der Waals surface area contributed by atoms with Crippen molar-refractivity contribution >= 4 is 39.0 Å². The predicted molar refractivity (Wildman–Crippen MR) is 87.6 cm³/mol. The van der Waals surface area contributed by atoms with Gasteiger partial charge < -0.3 is 10.6 Å². The van der Waals surface area contributed by atoms with Crippen molar-refractivity contribution in [3.05, 3.63) is 26.8 Å². The largest absolute Gasteiger partial charge is 0.369 e. The first-order valence-corrected chi connectivity index (χ1v) is 8.27. The Morgan fingerprint density at radius 1 is 1.25 bits per heavy atom. The molecule has 0 spiro atoms. The fraction of sp³-hybridized carbons (Fsp3) is 0.462. The Kier molecular flexibility index (Phi) is 5.72. The molecule has 0 aliphatic heterocycles. The molecule has 5 nitrogen and oxygen atoms in total. The van der Waals surface area contributed by atoms with Crippen molar-refractivity contribution in [1.29, 1.82) is 0 Å². The summed E-state index contributed by atoms with van der Waals surface area (Å²) in [6.07, 6.45) is 3.71. The highest BCUT2D eigenvalue weighted by Gasteiger charge is 2.05. The van der Waals surface area contributed by atoms with Crippen LogP contribution in [0.15, 0.2) is 16.0 Å². The molecule has 0 unspecified atom stereocenters. The third-order valence-corrected chi connectivity index (χ3v) is 4.18. The van der Waals surface area contributed by atoms with E-state index in [0.29, 0.717) is 5.95 Å². The lowest BCUT2D eigenvalue weighted by Gasteiger charge is -2.09. The molecule has 2 aromatic rings. The molecule has 0 fully saturated rings. The molecule has 0 bridgehead atoms. The summed E-state index contributed by atoms with van der Waals surface area (Å²) in [4.78, 5) is 13.1. The molecule has 0 radical (unpaired) electrons. The minimum absolute atomic E-state index is 0.655. The lowest BCUT2D eigenvalue weighted by Crippen LogP contribution is -2.10. The molecule has 2 aromatic heterocycles. The van der Waals surface area contributed by atoms with E-state index in [1.807, 2.05) is 6.92 Å². The monoisotopic (exact) mass is 355 g/mol. The highest BCUT2D eigenvalue weighted by atomic mass is 79.9. The van der Waals surface area contributed by atoms with Crippen LogP contribution < -0.4 is 10.6 Å². The Bertz CT molecular complexity index is 557. The summed E-state index contributed by atoms with van der Waals surface area (Å²) < 4.78 is 0.870. The Morgan fingerprint density at radius 3 is 2.80 bits per heavy atom. The summed E-state index contributed by atoms with van der Waals surface area (Å²) in [6, 6.07) is 0. The van der Waals surface area contributed by atoms with Crippen molar-refractivity contribution in [2.45, 2.75) is 26.7 Å². The molecular weight excluding hydrogens is 338 g/mol. The van der Waals surface area contributed by atoms with E-state index >= 15 is 0 Å². The van der Waals surface area contributed by atoms with Crippen molar-refractivity contribution in [3.8, 4) is 0 Å². The number of hydrogen-bond acceptors (Lipinski definition) is 6. The zero-order chi connectivity index (χ0) is 14.4. The summed E-state index contributed by atoms with van der Waals surface area (Å²) in [7, 11) is 0. The van der Waals surface area contributed by atoms with Gasteiger partial charge in [0.25, 0.3) is 0 Å². The normalized spacial score (nSPS) is 10.6. The van der Waals surface area contributed by atoms with Gasteiger partial charge in [-0.15, -0.1) is 11.3 Å². The Hall–Kier alpha value is -1.21. The van der Waals surface area contributed by atoms with E-state index in [2.05, 4.69) is 53.8 Å². The smallest absolute Gasteiger partial charge is 0.224 e. The first kappa shape index (κ1) is 15.2. The third-order valence-electron chi connectivity index (χ3n) is 2.58. The fourth-order valence-electron chi connectivity index (χ4n) is 1.62. The van der Waals surface area contributed by atoms with Gasteiger partial charge in [-0.1, -0.05) is 6.92 Å². The van der Waals surface area contributed by atoms with Crippen molar-refractivity contribution in [3.63, 3.8) is 0 Å². The summed E-state index contributed by atoms with van der Waals surface area (Å²) in [6.45, 7) is 5.80. The van der Waals surface area contributed by atoms with Gasteiger partial charge >= 0.3 is 0 Å². The minimum atomic E-state index is 0.655. The van der Waals surface area contributed by atoms with E-state index in [9.17, 15) is 0 Å². The number of rotatable bonds is 7. The second-order valence-corrected chi connectivity index (χ2v) is 6.17. The number of aromatic nitrogens is 3. The molecule has 108 valence electrons. The van der Waals surface area contributed by atoms with Crippen LogP contribution in [-0.2, 0) is 6.42 Å². The van der Waals surface area contributed by atoms with Gasteiger partial charge in [-0.05, 0) is 29.3 Å². The van der Waals surface area contributed by atoms with Crippen LogP contribution in [0.2, 0.25) is 0 Å². The van der Waals surface area contributed by atoms with Gasteiger partial charge in [0.15, 0.2) is 0 Å². The van der Waals surface area contributed by atoms with Crippen molar-refractivity contribution < 1.29 is 0 Å². The van der Waals surface area contributed by atoms with Crippen LogP contribution in [0.1, 0.15) is 24.0 Å². The van der Waals surface area contributed by atoms with Gasteiger partial charge in [-0.2, -0.15) is 4.98 Å². The number of thiazole rings is 1. The quantitative estimate of drug-likeness (QED) is 0.795. The van der Waals surface area contributed by atoms with Crippen LogP contribution in [-0.4, -0.2) is 28.0 Å². The second kappa shape index (κ2) is 7.54. The molecule has 7 heteroatoms. The van der Waals surface area contributed by atoms with E-state index < -0.39 is 0 Å². The van der Waals surface area contributed by atoms with E-state index in [0.717, 1.165) is 46.9 Å². The Morgan fingerprint density at radius 2 is 2.10 bits per heavy atom. The molecule has 20 heavy (non-hydrogen) atoms. The standard InChI is InChI=1S/C13H18BrN5S/c1-3-5-16-13-17-7-10(14)12(19-13)15-6-4-11-18-9(2)8-20-11/h7-8H,3-6H2,1-2H3,(H2,15,16,17,19). The van der Waals surface area contributed by atoms with Crippen molar-refractivity contribution in [2.75, 3.05) is 23.7 Å². The number of hydrogen-bond donors (Lipinski definition) is 2. The predicted octanol–water partition coefficient (Wildman–Crippen LogP) is 3.48. The van der Waals surface area contributed by atoms with Gasteiger partial charge in [0.1, 0.15) is 5.82 Å². The van der Waals surface area contributed by atoms with Gasteiger partial charge in [-0.25, -0.2) is 9.97 Å². The van der Waals surface area contributed by atoms with E-state index in [1.54, 1.807) is 17.5 Å². The number of nitrogens with zero attached hydrogens (tertiary/aromatic N) is 3. The van der Waals surface area contributed by atoms with E-state index in [-0.39, 0.29) is 0 Å². The maximum atomic E-state index is 4.45. The van der Waals surface area contributed by atoms with Crippen LogP contribution in [0.4, 0.5) is 11.8 Å². The van der Waals surface area contributed by atoms with E-state index in [4.69, 9.17) is 0 Å². The average Bonchev–Trinajstić information content (AvgIpc) is 2.85. The molecule has 0 saturated carbocycles. The molecule has 2 N–H and O–H groups in total. The molecule has 0 atom stereocenters. The lowest BCUT2D eigenvalue weighted by atomic mass is 10.4.